The number of amides is 1. The molecule has 1 aliphatic heterocycles. The van der Waals surface area contributed by atoms with E-state index in [1.54, 1.807) is 24.9 Å². The quantitative estimate of drug-likeness (QED) is 0.763. The first-order chi connectivity index (χ1) is 11.8. The molecule has 1 atom stereocenters. The Hall–Kier alpha value is -2.25. The molecule has 2 aromatic rings. The number of pyridine rings is 1. The van der Waals surface area contributed by atoms with Gasteiger partial charge in [-0.2, -0.15) is 0 Å². The minimum absolute atomic E-state index is 0.0236. The molecular weight excluding hydrogens is 306 g/mol. The van der Waals surface area contributed by atoms with Gasteiger partial charge in [0.15, 0.2) is 0 Å². The summed E-state index contributed by atoms with van der Waals surface area (Å²) < 4.78 is 7.41. The Morgan fingerprint density at radius 3 is 2.88 bits per heavy atom. The number of nitrogens with zero attached hydrogens (tertiary/aromatic N) is 4. The molecule has 1 amide bonds. The van der Waals surface area contributed by atoms with Gasteiger partial charge in [0.1, 0.15) is 6.04 Å². The molecule has 0 saturated carbocycles. The summed E-state index contributed by atoms with van der Waals surface area (Å²) in [5.74, 6) is 0.0236. The Morgan fingerprint density at radius 2 is 2.17 bits per heavy atom. The second-order valence-corrected chi connectivity index (χ2v) is 5.78. The smallest absolute Gasteiger partial charge is 0.242 e. The Balaban J connectivity index is 1.58. The molecule has 1 saturated heterocycles. The van der Waals surface area contributed by atoms with Gasteiger partial charge in [-0.1, -0.05) is 6.07 Å². The average Bonchev–Trinajstić information content (AvgIpc) is 3.14. The lowest BCUT2D eigenvalue weighted by atomic mass is 10.1. The number of aromatic nitrogens is 3. The third-order valence-electron chi connectivity index (χ3n) is 4.11. The summed E-state index contributed by atoms with van der Waals surface area (Å²) in [6.07, 6.45) is 9.83. The molecule has 3 heterocycles. The molecular formula is C17H23N5O2. The number of carbonyl (C=O) groups is 1. The molecule has 0 aromatic carbocycles. The molecule has 7 heteroatoms. The highest BCUT2D eigenvalue weighted by Crippen LogP contribution is 2.21. The summed E-state index contributed by atoms with van der Waals surface area (Å²) in [6.45, 7) is 4.30. The van der Waals surface area contributed by atoms with E-state index in [-0.39, 0.29) is 11.9 Å². The number of imidazole rings is 1. The van der Waals surface area contributed by atoms with Crippen LogP contribution in [-0.4, -0.2) is 58.2 Å². The number of morpholine rings is 1. The standard InChI is InChI=1S/C17H23N5O2/c23-17(20-5-2-7-21-8-6-19-14-21)16(15-3-1-4-18-13-15)22-9-11-24-12-10-22/h1,3-4,6,8,13-14,16H,2,5,7,9-12H2,(H,20,23)/t16-/m0/s1. The van der Waals surface area contributed by atoms with E-state index in [0.29, 0.717) is 19.8 Å². The first-order valence-corrected chi connectivity index (χ1v) is 8.30. The number of hydrogen-bond acceptors (Lipinski definition) is 5. The molecule has 2 aromatic heterocycles. The van der Waals surface area contributed by atoms with Crippen molar-refractivity contribution in [1.29, 1.82) is 0 Å². The maximum atomic E-state index is 12.8. The first-order valence-electron chi connectivity index (χ1n) is 8.30. The molecule has 0 radical (unpaired) electrons. The predicted molar refractivity (Wildman–Crippen MR) is 89.2 cm³/mol. The molecule has 1 N–H and O–H groups in total. The fourth-order valence-corrected chi connectivity index (χ4v) is 2.89. The summed E-state index contributed by atoms with van der Waals surface area (Å²) in [7, 11) is 0. The molecule has 128 valence electrons. The van der Waals surface area contributed by atoms with Gasteiger partial charge in [-0.05, 0) is 18.1 Å². The van der Waals surface area contributed by atoms with Gasteiger partial charge in [-0.25, -0.2) is 4.98 Å². The number of ether oxygens (including phenoxy) is 1. The Bertz CT molecular complexity index is 611. The van der Waals surface area contributed by atoms with Crippen LogP contribution in [0, 0.1) is 0 Å². The van der Waals surface area contributed by atoms with E-state index >= 15 is 0 Å². The Kier molecular flexibility index (Phi) is 5.92. The number of rotatable bonds is 7. The zero-order valence-corrected chi connectivity index (χ0v) is 13.7. The molecule has 0 bridgehead atoms. The van der Waals surface area contributed by atoms with E-state index in [4.69, 9.17) is 4.74 Å². The molecule has 0 spiro atoms. The van der Waals surface area contributed by atoms with Crippen LogP contribution in [0.5, 0.6) is 0 Å². The first kappa shape index (κ1) is 16.6. The van der Waals surface area contributed by atoms with Gasteiger partial charge in [0, 0.05) is 51.0 Å². The van der Waals surface area contributed by atoms with Gasteiger partial charge in [0.2, 0.25) is 5.91 Å². The molecule has 1 aliphatic rings. The van der Waals surface area contributed by atoms with Crippen molar-refractivity contribution in [3.63, 3.8) is 0 Å². The van der Waals surface area contributed by atoms with Gasteiger partial charge >= 0.3 is 0 Å². The van der Waals surface area contributed by atoms with Crippen molar-refractivity contribution in [3.8, 4) is 0 Å². The number of carbonyl (C=O) groups excluding carboxylic acids is 1. The summed E-state index contributed by atoms with van der Waals surface area (Å²) in [6, 6.07) is 3.52. The SMILES string of the molecule is O=C(NCCCn1ccnc1)[C@H](c1cccnc1)N1CCOCC1. The third kappa shape index (κ3) is 4.39. The maximum Gasteiger partial charge on any atom is 0.242 e. The van der Waals surface area contributed by atoms with Crippen molar-refractivity contribution in [2.45, 2.75) is 19.0 Å². The fraction of sp³-hybridized carbons (Fsp3) is 0.471. The number of hydrogen-bond donors (Lipinski definition) is 1. The fourth-order valence-electron chi connectivity index (χ4n) is 2.89. The van der Waals surface area contributed by atoms with Crippen LogP contribution in [0.2, 0.25) is 0 Å². The van der Waals surface area contributed by atoms with Crippen LogP contribution < -0.4 is 5.32 Å². The molecule has 24 heavy (non-hydrogen) atoms. The monoisotopic (exact) mass is 329 g/mol. The summed E-state index contributed by atoms with van der Waals surface area (Å²) in [5, 5.41) is 3.06. The van der Waals surface area contributed by atoms with E-state index in [9.17, 15) is 4.79 Å². The van der Waals surface area contributed by atoms with Gasteiger partial charge < -0.3 is 14.6 Å². The van der Waals surface area contributed by atoms with E-state index in [1.807, 2.05) is 22.9 Å². The van der Waals surface area contributed by atoms with Gasteiger partial charge in [-0.15, -0.1) is 0 Å². The van der Waals surface area contributed by atoms with Crippen LogP contribution in [0.25, 0.3) is 0 Å². The lowest BCUT2D eigenvalue weighted by molar-refractivity contribution is -0.128. The summed E-state index contributed by atoms with van der Waals surface area (Å²) in [5.41, 5.74) is 0.923. The molecule has 0 unspecified atom stereocenters. The van der Waals surface area contributed by atoms with Crippen molar-refractivity contribution < 1.29 is 9.53 Å². The van der Waals surface area contributed by atoms with Gasteiger partial charge in [-0.3, -0.25) is 14.7 Å². The molecule has 0 aliphatic carbocycles. The third-order valence-corrected chi connectivity index (χ3v) is 4.11. The van der Waals surface area contributed by atoms with Crippen molar-refractivity contribution in [2.75, 3.05) is 32.8 Å². The van der Waals surface area contributed by atoms with Crippen molar-refractivity contribution in [2.24, 2.45) is 0 Å². The highest BCUT2D eigenvalue weighted by Gasteiger charge is 2.28. The maximum absolute atomic E-state index is 12.8. The van der Waals surface area contributed by atoms with Crippen molar-refractivity contribution in [1.82, 2.24) is 24.8 Å². The molecule has 1 fully saturated rings. The van der Waals surface area contributed by atoms with Crippen LogP contribution in [0.1, 0.15) is 18.0 Å². The predicted octanol–water partition coefficient (Wildman–Crippen LogP) is 0.858. The van der Waals surface area contributed by atoms with Gasteiger partial charge in [0.25, 0.3) is 0 Å². The highest BCUT2D eigenvalue weighted by molar-refractivity contribution is 5.83. The Morgan fingerprint density at radius 1 is 1.29 bits per heavy atom. The average molecular weight is 329 g/mol. The number of aryl methyl sites for hydroxylation is 1. The zero-order valence-electron chi connectivity index (χ0n) is 13.7. The zero-order chi connectivity index (χ0) is 16.6. The minimum Gasteiger partial charge on any atom is -0.379 e. The van der Waals surface area contributed by atoms with Crippen molar-refractivity contribution >= 4 is 5.91 Å². The summed E-state index contributed by atoms with van der Waals surface area (Å²) >= 11 is 0. The van der Waals surface area contributed by atoms with E-state index < -0.39 is 0 Å². The van der Waals surface area contributed by atoms with Crippen LogP contribution in [0.3, 0.4) is 0 Å². The summed E-state index contributed by atoms with van der Waals surface area (Å²) in [4.78, 5) is 23.1. The van der Waals surface area contributed by atoms with Crippen LogP contribution in [-0.2, 0) is 16.1 Å². The highest BCUT2D eigenvalue weighted by atomic mass is 16.5. The lowest BCUT2D eigenvalue weighted by Gasteiger charge is -2.33. The van der Waals surface area contributed by atoms with Crippen LogP contribution >= 0.6 is 0 Å². The van der Waals surface area contributed by atoms with E-state index in [1.165, 1.54) is 0 Å². The van der Waals surface area contributed by atoms with Crippen molar-refractivity contribution in [3.05, 3.63) is 48.8 Å². The molecule has 7 nitrogen and oxygen atoms in total. The minimum atomic E-state index is -0.309. The van der Waals surface area contributed by atoms with Gasteiger partial charge in [0.05, 0.1) is 19.5 Å². The second-order valence-electron chi connectivity index (χ2n) is 5.78. The Labute approximate surface area is 141 Å². The molecule has 3 rings (SSSR count). The largest absolute Gasteiger partial charge is 0.379 e. The van der Waals surface area contributed by atoms with E-state index in [0.717, 1.165) is 31.6 Å². The lowest BCUT2D eigenvalue weighted by Crippen LogP contribution is -2.46. The van der Waals surface area contributed by atoms with Crippen LogP contribution in [0.15, 0.2) is 43.2 Å². The van der Waals surface area contributed by atoms with E-state index in [2.05, 4.69) is 20.2 Å². The normalized spacial score (nSPS) is 16.7. The van der Waals surface area contributed by atoms with Crippen LogP contribution in [0.4, 0.5) is 0 Å². The second kappa shape index (κ2) is 8.56. The topological polar surface area (TPSA) is 72.3 Å². The number of nitrogens with one attached hydrogen (secondary N) is 1.